The Hall–Kier alpha value is -2.34. The highest BCUT2D eigenvalue weighted by Crippen LogP contribution is 2.13. The summed E-state index contributed by atoms with van der Waals surface area (Å²) < 4.78 is 5.02. The summed E-state index contributed by atoms with van der Waals surface area (Å²) in [5.41, 5.74) is 1.00. The van der Waals surface area contributed by atoms with Gasteiger partial charge in [-0.2, -0.15) is 0 Å². The molecule has 0 fully saturated rings. The van der Waals surface area contributed by atoms with Crippen LogP contribution in [0.5, 0.6) is 0 Å². The van der Waals surface area contributed by atoms with Crippen LogP contribution in [0.2, 0.25) is 0 Å². The standard InChI is InChI=1S/C17H25N5O/c1-18-17(20-10-5-13-23-2)21-12-11-19-16-9-8-14-6-3-4-7-15(14)22-16/h3-4,6-9H,5,10-13H2,1-2H3,(H,19,22)(H2,18,20,21). The first kappa shape index (κ1) is 17.0. The zero-order chi connectivity index (χ0) is 16.3. The minimum Gasteiger partial charge on any atom is -0.385 e. The van der Waals surface area contributed by atoms with Gasteiger partial charge in [0.25, 0.3) is 0 Å². The molecule has 0 radical (unpaired) electrons. The molecule has 6 nitrogen and oxygen atoms in total. The number of fused-ring (bicyclic) bond motifs is 1. The fourth-order valence-electron chi connectivity index (χ4n) is 2.18. The number of aliphatic imine (C=N–C) groups is 1. The van der Waals surface area contributed by atoms with Crippen LogP contribution in [0.1, 0.15) is 6.42 Å². The molecule has 2 rings (SSSR count). The van der Waals surface area contributed by atoms with Crippen LogP contribution < -0.4 is 16.0 Å². The second-order valence-electron chi connectivity index (χ2n) is 5.09. The first-order valence-electron chi connectivity index (χ1n) is 7.86. The summed E-state index contributed by atoms with van der Waals surface area (Å²) in [6, 6.07) is 12.2. The highest BCUT2D eigenvalue weighted by Gasteiger charge is 1.99. The van der Waals surface area contributed by atoms with Crippen molar-refractivity contribution in [3.05, 3.63) is 36.4 Å². The van der Waals surface area contributed by atoms with E-state index in [9.17, 15) is 0 Å². The smallest absolute Gasteiger partial charge is 0.191 e. The van der Waals surface area contributed by atoms with Crippen LogP contribution >= 0.6 is 0 Å². The fourth-order valence-corrected chi connectivity index (χ4v) is 2.18. The summed E-state index contributed by atoms with van der Waals surface area (Å²) in [5.74, 6) is 1.68. The molecule has 0 saturated carbocycles. The Labute approximate surface area is 137 Å². The molecule has 0 bridgehead atoms. The van der Waals surface area contributed by atoms with Gasteiger partial charge < -0.3 is 20.7 Å². The van der Waals surface area contributed by atoms with Crippen molar-refractivity contribution in [2.45, 2.75) is 6.42 Å². The van der Waals surface area contributed by atoms with Gasteiger partial charge in [0.05, 0.1) is 5.52 Å². The average molecular weight is 315 g/mol. The Kier molecular flexibility index (Phi) is 7.13. The topological polar surface area (TPSA) is 70.6 Å². The first-order chi connectivity index (χ1) is 11.3. The predicted molar refractivity (Wildman–Crippen MR) is 96.1 cm³/mol. The lowest BCUT2D eigenvalue weighted by atomic mass is 10.2. The van der Waals surface area contributed by atoms with E-state index >= 15 is 0 Å². The first-order valence-corrected chi connectivity index (χ1v) is 7.86. The molecule has 1 aromatic heterocycles. The molecular weight excluding hydrogens is 290 g/mol. The lowest BCUT2D eigenvalue weighted by molar-refractivity contribution is 0.195. The predicted octanol–water partition coefficient (Wildman–Crippen LogP) is 1.85. The van der Waals surface area contributed by atoms with Crippen molar-refractivity contribution in [1.82, 2.24) is 15.6 Å². The molecule has 3 N–H and O–H groups in total. The van der Waals surface area contributed by atoms with Crippen molar-refractivity contribution >= 4 is 22.7 Å². The van der Waals surface area contributed by atoms with Gasteiger partial charge in [0.15, 0.2) is 5.96 Å². The summed E-state index contributed by atoms with van der Waals surface area (Å²) in [6.07, 6.45) is 0.955. The van der Waals surface area contributed by atoms with E-state index in [4.69, 9.17) is 4.74 Å². The molecule has 6 heteroatoms. The van der Waals surface area contributed by atoms with Gasteiger partial charge in [-0.3, -0.25) is 4.99 Å². The fraction of sp³-hybridized carbons (Fsp3) is 0.412. The third-order valence-corrected chi connectivity index (χ3v) is 3.36. The average Bonchev–Trinajstić information content (AvgIpc) is 2.60. The Balaban J connectivity index is 1.71. The SMILES string of the molecule is CN=C(NCCCOC)NCCNc1ccc2ccccc2n1. The van der Waals surface area contributed by atoms with Gasteiger partial charge in [-0.05, 0) is 24.6 Å². The monoisotopic (exact) mass is 315 g/mol. The van der Waals surface area contributed by atoms with Crippen LogP contribution in [-0.2, 0) is 4.74 Å². The number of rotatable bonds is 8. The Morgan fingerprint density at radius 2 is 1.91 bits per heavy atom. The number of hydrogen-bond donors (Lipinski definition) is 3. The maximum atomic E-state index is 5.02. The van der Waals surface area contributed by atoms with E-state index < -0.39 is 0 Å². The van der Waals surface area contributed by atoms with Crippen molar-refractivity contribution in [2.75, 3.05) is 45.7 Å². The number of para-hydroxylation sites is 1. The summed E-state index contributed by atoms with van der Waals surface area (Å²) in [4.78, 5) is 8.76. The number of nitrogens with one attached hydrogen (secondary N) is 3. The molecule has 0 unspecified atom stereocenters. The number of ether oxygens (including phenoxy) is 1. The molecule has 0 saturated heterocycles. The van der Waals surface area contributed by atoms with Gasteiger partial charge in [-0.25, -0.2) is 4.98 Å². The molecule has 0 aliphatic carbocycles. The minimum absolute atomic E-state index is 0.749. The molecule has 0 aliphatic heterocycles. The van der Waals surface area contributed by atoms with Crippen LogP contribution in [0, 0.1) is 0 Å². The van der Waals surface area contributed by atoms with Crippen molar-refractivity contribution in [1.29, 1.82) is 0 Å². The van der Waals surface area contributed by atoms with Gasteiger partial charge in [-0.1, -0.05) is 18.2 Å². The third-order valence-electron chi connectivity index (χ3n) is 3.36. The maximum Gasteiger partial charge on any atom is 0.191 e. The molecule has 0 amide bonds. The lowest BCUT2D eigenvalue weighted by Crippen LogP contribution is -2.40. The van der Waals surface area contributed by atoms with Crippen molar-refractivity contribution in [3.8, 4) is 0 Å². The minimum atomic E-state index is 0.749. The molecule has 1 aromatic carbocycles. The maximum absolute atomic E-state index is 5.02. The van der Waals surface area contributed by atoms with E-state index in [-0.39, 0.29) is 0 Å². The summed E-state index contributed by atoms with van der Waals surface area (Å²) in [5, 5.41) is 11.0. The highest BCUT2D eigenvalue weighted by molar-refractivity contribution is 5.80. The number of methoxy groups -OCH3 is 1. The second-order valence-corrected chi connectivity index (χ2v) is 5.09. The third kappa shape index (κ3) is 5.75. The normalized spacial score (nSPS) is 11.5. The summed E-state index contributed by atoms with van der Waals surface area (Å²) >= 11 is 0. The van der Waals surface area contributed by atoms with Gasteiger partial charge in [0.2, 0.25) is 0 Å². The number of anilines is 1. The Morgan fingerprint density at radius 1 is 1.09 bits per heavy atom. The van der Waals surface area contributed by atoms with Gasteiger partial charge in [-0.15, -0.1) is 0 Å². The van der Waals surface area contributed by atoms with Crippen LogP contribution in [0.25, 0.3) is 10.9 Å². The summed E-state index contributed by atoms with van der Waals surface area (Å²) in [6.45, 7) is 3.12. The van der Waals surface area contributed by atoms with E-state index in [2.05, 4.69) is 38.1 Å². The number of hydrogen-bond acceptors (Lipinski definition) is 4. The molecule has 0 atom stereocenters. The lowest BCUT2D eigenvalue weighted by Gasteiger charge is -2.12. The molecule has 2 aromatic rings. The van der Waals surface area contributed by atoms with E-state index in [1.54, 1.807) is 14.2 Å². The zero-order valence-corrected chi connectivity index (χ0v) is 13.8. The quantitative estimate of drug-likeness (QED) is 0.394. The molecule has 23 heavy (non-hydrogen) atoms. The number of benzene rings is 1. The van der Waals surface area contributed by atoms with Crippen molar-refractivity contribution in [3.63, 3.8) is 0 Å². The van der Waals surface area contributed by atoms with E-state index in [0.717, 1.165) is 55.3 Å². The zero-order valence-electron chi connectivity index (χ0n) is 13.8. The van der Waals surface area contributed by atoms with E-state index in [1.165, 1.54) is 0 Å². The molecule has 0 aliphatic rings. The number of aromatic nitrogens is 1. The van der Waals surface area contributed by atoms with Crippen LogP contribution in [0.4, 0.5) is 5.82 Å². The van der Waals surface area contributed by atoms with Crippen LogP contribution in [0.3, 0.4) is 0 Å². The summed E-state index contributed by atoms with van der Waals surface area (Å²) in [7, 11) is 3.48. The van der Waals surface area contributed by atoms with Gasteiger partial charge >= 0.3 is 0 Å². The van der Waals surface area contributed by atoms with Crippen LogP contribution in [-0.4, -0.2) is 51.3 Å². The molecular formula is C17H25N5O. The molecule has 1 heterocycles. The number of pyridine rings is 1. The van der Waals surface area contributed by atoms with Gasteiger partial charge in [0, 0.05) is 45.8 Å². The molecule has 124 valence electrons. The Morgan fingerprint density at radius 3 is 2.74 bits per heavy atom. The molecule has 0 spiro atoms. The highest BCUT2D eigenvalue weighted by atomic mass is 16.5. The van der Waals surface area contributed by atoms with Crippen LogP contribution in [0.15, 0.2) is 41.4 Å². The Bertz CT molecular complexity index is 629. The van der Waals surface area contributed by atoms with E-state index in [0.29, 0.717) is 0 Å². The largest absolute Gasteiger partial charge is 0.385 e. The van der Waals surface area contributed by atoms with Gasteiger partial charge in [0.1, 0.15) is 5.82 Å². The van der Waals surface area contributed by atoms with E-state index in [1.807, 2.05) is 24.3 Å². The number of guanidine groups is 1. The van der Waals surface area contributed by atoms with Crippen molar-refractivity contribution < 1.29 is 4.74 Å². The number of nitrogens with zero attached hydrogens (tertiary/aromatic N) is 2. The second kappa shape index (κ2) is 9.63. The van der Waals surface area contributed by atoms with Crippen molar-refractivity contribution in [2.24, 2.45) is 4.99 Å².